The molecule has 2 N–H and O–H groups in total. The molecule has 0 saturated heterocycles. The van der Waals surface area contributed by atoms with Crippen LogP contribution in [0.3, 0.4) is 0 Å². The molecule has 146 valence electrons. The minimum atomic E-state index is -4.56. The second-order valence-electron chi connectivity index (χ2n) is 5.91. The maximum Gasteiger partial charge on any atom is 0.416 e. The highest BCUT2D eigenvalue weighted by Crippen LogP contribution is 2.35. The summed E-state index contributed by atoms with van der Waals surface area (Å²) in [6, 6.07) is 7.37. The number of rotatable bonds is 4. The molecule has 3 aromatic rings. The number of aromatic nitrogens is 2. The highest BCUT2D eigenvalue weighted by molar-refractivity contribution is 6.06. The minimum Gasteiger partial charge on any atom is -0.318 e. The summed E-state index contributed by atoms with van der Waals surface area (Å²) in [5.74, 6) is -3.18. The summed E-state index contributed by atoms with van der Waals surface area (Å²) in [5.41, 5.74) is -1.08. The van der Waals surface area contributed by atoms with E-state index in [1.807, 2.05) is 0 Å². The van der Waals surface area contributed by atoms with Gasteiger partial charge in [-0.3, -0.25) is 9.89 Å². The number of nitrogens with one attached hydrogen (secondary N) is 2. The molecule has 0 fully saturated rings. The lowest BCUT2D eigenvalue weighted by Crippen LogP contribution is -2.17. The number of halogens is 5. The predicted molar refractivity (Wildman–Crippen MR) is 92.7 cm³/mol. The Balaban J connectivity index is 2.04. The fraction of sp³-hybridized carbons (Fsp3) is 0.158. The Morgan fingerprint density at radius 2 is 1.75 bits per heavy atom. The maximum atomic E-state index is 13.9. The van der Waals surface area contributed by atoms with E-state index in [0.29, 0.717) is 12.1 Å². The lowest BCUT2D eigenvalue weighted by Gasteiger charge is -2.11. The van der Waals surface area contributed by atoms with Gasteiger partial charge in [0, 0.05) is 5.56 Å². The normalized spacial score (nSPS) is 11.5. The van der Waals surface area contributed by atoms with Gasteiger partial charge in [-0.05, 0) is 30.7 Å². The fourth-order valence-electron chi connectivity index (χ4n) is 2.71. The van der Waals surface area contributed by atoms with Gasteiger partial charge in [0.05, 0.1) is 16.9 Å². The zero-order chi connectivity index (χ0) is 20.5. The van der Waals surface area contributed by atoms with Crippen molar-refractivity contribution in [3.8, 4) is 11.3 Å². The molecule has 3 rings (SSSR count). The van der Waals surface area contributed by atoms with Crippen molar-refractivity contribution in [3.63, 3.8) is 0 Å². The van der Waals surface area contributed by atoms with Crippen LogP contribution in [0, 0.1) is 11.6 Å². The number of amides is 1. The Hall–Kier alpha value is -3.23. The van der Waals surface area contributed by atoms with E-state index in [2.05, 4.69) is 15.5 Å². The molecule has 0 atom stereocenters. The highest BCUT2D eigenvalue weighted by Gasteiger charge is 2.31. The average molecular weight is 395 g/mol. The zero-order valence-electron chi connectivity index (χ0n) is 14.5. The van der Waals surface area contributed by atoms with Crippen LogP contribution in [0.4, 0.5) is 27.6 Å². The number of alkyl halides is 3. The monoisotopic (exact) mass is 395 g/mol. The summed E-state index contributed by atoms with van der Waals surface area (Å²) in [4.78, 5) is 12.4. The molecule has 4 nitrogen and oxygen atoms in total. The van der Waals surface area contributed by atoms with Gasteiger partial charge in [0.2, 0.25) is 0 Å². The molecule has 0 saturated carbocycles. The number of nitrogens with zero attached hydrogens (tertiary/aromatic N) is 1. The van der Waals surface area contributed by atoms with Crippen LogP contribution in [0.2, 0.25) is 0 Å². The first kappa shape index (κ1) is 19.5. The second kappa shape index (κ2) is 7.41. The molecular weight excluding hydrogens is 381 g/mol. The number of aromatic amines is 1. The molecule has 0 aliphatic rings. The maximum absolute atomic E-state index is 13.9. The first-order valence-corrected chi connectivity index (χ1v) is 8.22. The predicted octanol–water partition coefficient (Wildman–Crippen LogP) is 5.19. The van der Waals surface area contributed by atoms with Crippen LogP contribution >= 0.6 is 0 Å². The Morgan fingerprint density at radius 1 is 1.11 bits per heavy atom. The lowest BCUT2D eigenvalue weighted by atomic mass is 10.1. The number of H-pyrrole nitrogens is 1. The summed E-state index contributed by atoms with van der Waals surface area (Å²) in [6.07, 6.45) is -4.21. The Morgan fingerprint density at radius 3 is 2.36 bits per heavy atom. The van der Waals surface area contributed by atoms with Crippen molar-refractivity contribution in [1.29, 1.82) is 0 Å². The third kappa shape index (κ3) is 3.73. The van der Waals surface area contributed by atoms with Crippen molar-refractivity contribution >= 4 is 11.6 Å². The molecule has 0 bridgehead atoms. The van der Waals surface area contributed by atoms with Gasteiger partial charge in [-0.15, -0.1) is 0 Å². The number of aryl methyl sites for hydroxylation is 1. The molecule has 1 heterocycles. The van der Waals surface area contributed by atoms with Gasteiger partial charge in [0.25, 0.3) is 5.91 Å². The Bertz CT molecular complexity index is 1010. The molecule has 28 heavy (non-hydrogen) atoms. The number of benzene rings is 2. The van der Waals surface area contributed by atoms with E-state index in [4.69, 9.17) is 0 Å². The molecule has 1 amide bonds. The van der Waals surface area contributed by atoms with Gasteiger partial charge in [-0.1, -0.05) is 25.1 Å². The Labute approximate surface area is 156 Å². The van der Waals surface area contributed by atoms with Crippen molar-refractivity contribution in [2.45, 2.75) is 19.5 Å². The van der Waals surface area contributed by atoms with Gasteiger partial charge in [-0.25, -0.2) is 8.78 Å². The van der Waals surface area contributed by atoms with E-state index >= 15 is 0 Å². The molecule has 0 aliphatic carbocycles. The third-order valence-corrected chi connectivity index (χ3v) is 4.09. The van der Waals surface area contributed by atoms with Crippen LogP contribution in [0.25, 0.3) is 11.3 Å². The Kier molecular flexibility index (Phi) is 5.17. The van der Waals surface area contributed by atoms with Gasteiger partial charge < -0.3 is 5.32 Å². The fourth-order valence-corrected chi connectivity index (χ4v) is 2.71. The molecule has 0 aliphatic heterocycles. The van der Waals surface area contributed by atoms with E-state index in [-0.39, 0.29) is 16.9 Å². The number of carbonyl (C=O) groups excluding carboxylic acids is 1. The molecular formula is C19H14F5N3O. The molecule has 0 spiro atoms. The number of anilines is 1. The first-order chi connectivity index (χ1) is 13.2. The van der Waals surface area contributed by atoms with Crippen LogP contribution in [0.5, 0.6) is 0 Å². The van der Waals surface area contributed by atoms with Crippen molar-refractivity contribution in [3.05, 3.63) is 70.9 Å². The van der Waals surface area contributed by atoms with Crippen LogP contribution in [0.15, 0.2) is 42.5 Å². The van der Waals surface area contributed by atoms with Gasteiger partial charge >= 0.3 is 6.18 Å². The lowest BCUT2D eigenvalue weighted by molar-refractivity contribution is -0.137. The van der Waals surface area contributed by atoms with E-state index in [0.717, 1.165) is 30.3 Å². The molecule has 2 aromatic carbocycles. The number of hydrogen-bond donors (Lipinski definition) is 2. The number of carbonyl (C=O) groups is 1. The SMILES string of the molecule is CCc1[nH]nc(-c2cccc(C(F)(F)F)c2)c1NC(=O)c1c(F)cccc1F. The topological polar surface area (TPSA) is 57.8 Å². The standard InChI is InChI=1S/C19H14F5N3O/c1-2-14-17(25-18(28)15-12(20)7-4-8-13(15)21)16(27-26-14)10-5-3-6-11(9-10)19(22,23)24/h3-9H,2H2,1H3,(H,25,28)(H,26,27). The van der Waals surface area contributed by atoms with E-state index < -0.39 is 34.8 Å². The van der Waals surface area contributed by atoms with Crippen LogP contribution in [-0.2, 0) is 12.6 Å². The zero-order valence-corrected chi connectivity index (χ0v) is 14.5. The van der Waals surface area contributed by atoms with Crippen LogP contribution in [0.1, 0.15) is 28.5 Å². The summed E-state index contributed by atoms with van der Waals surface area (Å²) < 4.78 is 66.7. The summed E-state index contributed by atoms with van der Waals surface area (Å²) in [7, 11) is 0. The largest absolute Gasteiger partial charge is 0.416 e. The minimum absolute atomic E-state index is 0.0352. The van der Waals surface area contributed by atoms with E-state index in [1.165, 1.54) is 12.1 Å². The van der Waals surface area contributed by atoms with Crippen molar-refractivity contribution in [2.24, 2.45) is 0 Å². The molecule has 0 radical (unpaired) electrons. The van der Waals surface area contributed by atoms with E-state index in [9.17, 15) is 26.7 Å². The average Bonchev–Trinajstić information content (AvgIpc) is 3.03. The third-order valence-electron chi connectivity index (χ3n) is 4.09. The van der Waals surface area contributed by atoms with Crippen molar-refractivity contribution in [1.82, 2.24) is 10.2 Å². The smallest absolute Gasteiger partial charge is 0.318 e. The van der Waals surface area contributed by atoms with Crippen molar-refractivity contribution in [2.75, 3.05) is 5.32 Å². The quantitative estimate of drug-likeness (QED) is 0.598. The van der Waals surface area contributed by atoms with Crippen LogP contribution in [-0.4, -0.2) is 16.1 Å². The molecule has 1 aromatic heterocycles. The highest BCUT2D eigenvalue weighted by atomic mass is 19.4. The second-order valence-corrected chi connectivity index (χ2v) is 5.91. The summed E-state index contributed by atoms with van der Waals surface area (Å²) in [5, 5.41) is 8.98. The van der Waals surface area contributed by atoms with Crippen molar-refractivity contribution < 1.29 is 26.7 Å². The van der Waals surface area contributed by atoms with Gasteiger partial charge in [0.15, 0.2) is 0 Å². The summed E-state index contributed by atoms with van der Waals surface area (Å²) in [6.45, 7) is 1.72. The molecule has 9 heteroatoms. The van der Waals surface area contributed by atoms with Crippen LogP contribution < -0.4 is 5.32 Å². The first-order valence-electron chi connectivity index (χ1n) is 8.22. The van der Waals surface area contributed by atoms with Gasteiger partial charge in [-0.2, -0.15) is 18.3 Å². The summed E-state index contributed by atoms with van der Waals surface area (Å²) >= 11 is 0. The number of hydrogen-bond acceptors (Lipinski definition) is 2. The van der Waals surface area contributed by atoms with Gasteiger partial charge in [0.1, 0.15) is 22.9 Å². The molecule has 0 unspecified atom stereocenters. The van der Waals surface area contributed by atoms with E-state index in [1.54, 1.807) is 6.92 Å².